The highest BCUT2D eigenvalue weighted by Gasteiger charge is 2.28. The summed E-state index contributed by atoms with van der Waals surface area (Å²) in [6.45, 7) is 3.69. The average Bonchev–Trinajstić information content (AvgIpc) is 2.96. The predicted octanol–water partition coefficient (Wildman–Crippen LogP) is 1.73. The van der Waals surface area contributed by atoms with Crippen molar-refractivity contribution in [2.24, 2.45) is 5.10 Å². The monoisotopic (exact) mass is 368 g/mol. The van der Waals surface area contributed by atoms with Crippen molar-refractivity contribution in [1.29, 1.82) is 0 Å². The number of amides is 2. The lowest BCUT2D eigenvalue weighted by Crippen LogP contribution is -2.40. The third-order valence-electron chi connectivity index (χ3n) is 6.04. The smallest absolute Gasteiger partial charge is 0.240 e. The van der Waals surface area contributed by atoms with Gasteiger partial charge in [0, 0.05) is 50.8 Å². The topological polar surface area (TPSA) is 65.0 Å². The summed E-state index contributed by atoms with van der Waals surface area (Å²) >= 11 is 0. The number of nitrogens with zero attached hydrogens (tertiary/aromatic N) is 3. The lowest BCUT2D eigenvalue weighted by molar-refractivity contribution is -0.130. The Bertz CT molecular complexity index is 720. The first-order valence-corrected chi connectivity index (χ1v) is 10.1. The van der Waals surface area contributed by atoms with Gasteiger partial charge in [0.2, 0.25) is 11.8 Å². The second-order valence-corrected chi connectivity index (χ2v) is 7.81. The Morgan fingerprint density at radius 2 is 1.85 bits per heavy atom. The summed E-state index contributed by atoms with van der Waals surface area (Å²) in [6, 6.07) is 9.34. The van der Waals surface area contributed by atoms with Crippen molar-refractivity contribution in [2.45, 2.75) is 51.0 Å². The highest BCUT2D eigenvalue weighted by atomic mass is 16.2. The first-order chi connectivity index (χ1) is 13.2. The van der Waals surface area contributed by atoms with Gasteiger partial charge in [0.1, 0.15) is 0 Å². The summed E-state index contributed by atoms with van der Waals surface area (Å²) < 4.78 is 0. The van der Waals surface area contributed by atoms with E-state index in [0.717, 1.165) is 51.2 Å². The molecule has 0 spiro atoms. The third-order valence-corrected chi connectivity index (χ3v) is 6.04. The highest BCUT2D eigenvalue weighted by molar-refractivity contribution is 5.94. The minimum absolute atomic E-state index is 0.0354. The fourth-order valence-electron chi connectivity index (χ4n) is 4.45. The minimum Gasteiger partial charge on any atom is -0.341 e. The Morgan fingerprint density at radius 3 is 2.56 bits per heavy atom. The van der Waals surface area contributed by atoms with Crippen molar-refractivity contribution in [1.82, 2.24) is 15.2 Å². The molecule has 1 aromatic rings. The van der Waals surface area contributed by atoms with E-state index in [-0.39, 0.29) is 11.8 Å². The lowest BCUT2D eigenvalue weighted by atomic mass is 10.1. The number of carbonyl (C=O) groups is 2. The Labute approximate surface area is 160 Å². The van der Waals surface area contributed by atoms with Gasteiger partial charge in [0.25, 0.3) is 0 Å². The number of nitrogens with one attached hydrogen (secondary N) is 1. The van der Waals surface area contributed by atoms with E-state index in [1.54, 1.807) is 0 Å². The number of benzene rings is 1. The van der Waals surface area contributed by atoms with Crippen molar-refractivity contribution in [3.63, 3.8) is 0 Å². The molecule has 2 amide bonds. The van der Waals surface area contributed by atoms with E-state index in [0.29, 0.717) is 31.7 Å². The maximum absolute atomic E-state index is 12.6. The van der Waals surface area contributed by atoms with Gasteiger partial charge in [-0.15, -0.1) is 0 Å². The molecule has 0 saturated carbocycles. The van der Waals surface area contributed by atoms with Crippen molar-refractivity contribution in [3.05, 3.63) is 35.4 Å². The Hall–Kier alpha value is -2.21. The van der Waals surface area contributed by atoms with E-state index in [1.165, 1.54) is 11.1 Å². The van der Waals surface area contributed by atoms with Crippen molar-refractivity contribution in [3.8, 4) is 0 Å². The van der Waals surface area contributed by atoms with Gasteiger partial charge in [-0.3, -0.25) is 14.5 Å². The molecule has 144 valence electrons. The zero-order valence-corrected chi connectivity index (χ0v) is 15.8. The second-order valence-electron chi connectivity index (χ2n) is 7.81. The summed E-state index contributed by atoms with van der Waals surface area (Å²) in [7, 11) is 0. The zero-order chi connectivity index (χ0) is 18.6. The molecule has 27 heavy (non-hydrogen) atoms. The summed E-state index contributed by atoms with van der Waals surface area (Å²) in [5, 5.41) is 4.07. The van der Waals surface area contributed by atoms with Gasteiger partial charge >= 0.3 is 0 Å². The van der Waals surface area contributed by atoms with E-state index < -0.39 is 0 Å². The molecule has 1 N–H and O–H groups in total. The summed E-state index contributed by atoms with van der Waals surface area (Å²) in [4.78, 5) is 28.4. The van der Waals surface area contributed by atoms with Crippen LogP contribution in [0.4, 0.5) is 0 Å². The van der Waals surface area contributed by atoms with Gasteiger partial charge in [-0.05, 0) is 43.2 Å². The molecule has 0 aromatic heterocycles. The number of hydrogen-bond acceptors (Lipinski definition) is 4. The van der Waals surface area contributed by atoms with Crippen LogP contribution in [0.15, 0.2) is 29.4 Å². The molecule has 3 aliphatic rings. The van der Waals surface area contributed by atoms with E-state index in [2.05, 4.69) is 39.7 Å². The first kappa shape index (κ1) is 18.2. The SMILES string of the molecule is O=C1CCC(CCC(=O)N2CCCN(C3Cc4ccccc4C3)CC2)=NN1. The van der Waals surface area contributed by atoms with E-state index >= 15 is 0 Å². The van der Waals surface area contributed by atoms with Crippen LogP contribution in [0.1, 0.15) is 43.2 Å². The van der Waals surface area contributed by atoms with Crippen LogP contribution < -0.4 is 5.43 Å². The van der Waals surface area contributed by atoms with Crippen LogP contribution in [0.3, 0.4) is 0 Å². The molecule has 1 saturated heterocycles. The highest BCUT2D eigenvalue weighted by Crippen LogP contribution is 2.26. The van der Waals surface area contributed by atoms with E-state index in [9.17, 15) is 9.59 Å². The van der Waals surface area contributed by atoms with Crippen LogP contribution in [0.25, 0.3) is 0 Å². The maximum Gasteiger partial charge on any atom is 0.240 e. The summed E-state index contributed by atoms with van der Waals surface area (Å²) in [5.41, 5.74) is 6.41. The van der Waals surface area contributed by atoms with Crippen molar-refractivity contribution < 1.29 is 9.59 Å². The molecule has 1 aliphatic carbocycles. The molecule has 0 atom stereocenters. The number of hydrazone groups is 1. The third kappa shape index (κ3) is 4.38. The quantitative estimate of drug-likeness (QED) is 0.880. The zero-order valence-electron chi connectivity index (χ0n) is 15.8. The van der Waals surface area contributed by atoms with Crippen LogP contribution >= 0.6 is 0 Å². The van der Waals surface area contributed by atoms with Gasteiger partial charge < -0.3 is 4.90 Å². The molecule has 0 radical (unpaired) electrons. The standard InChI is InChI=1S/C21H28N4O2/c26-20-8-6-18(22-23-20)7-9-21(27)25-11-3-10-24(12-13-25)19-14-16-4-1-2-5-17(16)15-19/h1-2,4-5,19H,3,6-15H2,(H,23,26). The largest absolute Gasteiger partial charge is 0.341 e. The van der Waals surface area contributed by atoms with Crippen LogP contribution in [0.2, 0.25) is 0 Å². The molecule has 0 bridgehead atoms. The van der Waals surface area contributed by atoms with Gasteiger partial charge in [0.15, 0.2) is 0 Å². The number of fused-ring (bicyclic) bond motifs is 1. The molecule has 0 unspecified atom stereocenters. The molecule has 2 aliphatic heterocycles. The van der Waals surface area contributed by atoms with Crippen molar-refractivity contribution in [2.75, 3.05) is 26.2 Å². The van der Waals surface area contributed by atoms with Crippen molar-refractivity contribution >= 4 is 17.5 Å². The number of rotatable bonds is 4. The molecular formula is C21H28N4O2. The summed E-state index contributed by atoms with van der Waals surface area (Å²) in [5.74, 6) is 0.179. The normalized spacial score (nSPS) is 21.4. The predicted molar refractivity (Wildman–Crippen MR) is 104 cm³/mol. The molecule has 6 nitrogen and oxygen atoms in total. The van der Waals surface area contributed by atoms with E-state index in [1.807, 2.05) is 4.90 Å². The van der Waals surface area contributed by atoms with Gasteiger partial charge in [-0.2, -0.15) is 5.10 Å². The van der Waals surface area contributed by atoms with Crippen LogP contribution in [0, 0.1) is 0 Å². The maximum atomic E-state index is 12.6. The Morgan fingerprint density at radius 1 is 1.07 bits per heavy atom. The van der Waals surface area contributed by atoms with E-state index in [4.69, 9.17) is 0 Å². The lowest BCUT2D eigenvalue weighted by Gasteiger charge is -2.27. The number of carbonyl (C=O) groups excluding carboxylic acids is 2. The van der Waals surface area contributed by atoms with Gasteiger partial charge in [-0.1, -0.05) is 24.3 Å². The van der Waals surface area contributed by atoms with Gasteiger partial charge in [0.05, 0.1) is 0 Å². The molecule has 2 heterocycles. The van der Waals surface area contributed by atoms with Gasteiger partial charge in [-0.25, -0.2) is 5.43 Å². The van der Waals surface area contributed by atoms with Crippen LogP contribution in [-0.4, -0.2) is 59.5 Å². The summed E-state index contributed by atoms with van der Waals surface area (Å²) in [6.07, 6.45) is 5.60. The van der Waals surface area contributed by atoms with Crippen LogP contribution in [0.5, 0.6) is 0 Å². The molecular weight excluding hydrogens is 340 g/mol. The number of hydrogen-bond donors (Lipinski definition) is 1. The fraction of sp³-hybridized carbons (Fsp3) is 0.571. The molecule has 1 aromatic carbocycles. The van der Waals surface area contributed by atoms with Crippen LogP contribution in [-0.2, 0) is 22.4 Å². The Balaban J connectivity index is 1.26. The first-order valence-electron chi connectivity index (χ1n) is 10.1. The average molecular weight is 368 g/mol. The molecule has 6 heteroatoms. The minimum atomic E-state index is -0.0354. The molecule has 4 rings (SSSR count). The Kier molecular flexibility index (Phi) is 5.53. The molecule has 1 fully saturated rings. The fourth-order valence-corrected chi connectivity index (χ4v) is 4.45. The second kappa shape index (κ2) is 8.21.